The molecule has 1 N–H and O–H groups in total. The van der Waals surface area contributed by atoms with E-state index in [0.29, 0.717) is 10.3 Å². The van der Waals surface area contributed by atoms with Crippen molar-refractivity contribution in [2.45, 2.75) is 85.0 Å². The number of anilines is 1. The number of hydrogen-bond donors (Lipinski definition) is 1. The fourth-order valence-electron chi connectivity index (χ4n) is 4.09. The van der Waals surface area contributed by atoms with E-state index >= 15 is 0 Å². The molecule has 0 heterocycles. The molecule has 0 aromatic heterocycles. The molecule has 0 aliphatic heterocycles. The third kappa shape index (κ3) is 4.18. The first-order valence-electron chi connectivity index (χ1n) is 8.87. The van der Waals surface area contributed by atoms with E-state index in [9.17, 15) is 0 Å². The second-order valence-electron chi connectivity index (χ2n) is 8.85. The lowest BCUT2D eigenvalue weighted by molar-refractivity contribution is 0.708. The van der Waals surface area contributed by atoms with Crippen LogP contribution in [0.15, 0.2) is 29.2 Å². The fourth-order valence-corrected chi connectivity index (χ4v) is 8.54. The number of allylic oxidation sites excluding steroid dienone is 2. The molecule has 0 saturated carbocycles. The Labute approximate surface area is 144 Å². The van der Waals surface area contributed by atoms with Gasteiger partial charge < -0.3 is 5.32 Å². The first kappa shape index (κ1) is 18.5. The highest BCUT2D eigenvalue weighted by molar-refractivity contribution is 7.65. The number of para-hydroxylation sites is 1. The smallest absolute Gasteiger partial charge is 0.0441 e. The van der Waals surface area contributed by atoms with Gasteiger partial charge in [0.05, 0.1) is 0 Å². The minimum absolute atomic E-state index is 0.182. The number of nitrogens with one attached hydrogen (secondary N) is 1. The van der Waals surface area contributed by atoms with Crippen LogP contribution in [0.2, 0.25) is 0 Å². The standard InChI is InChI=1S/C21H34NP/c1-15-11-9-12-16(2)19(15)22-17-13-10-14-18(17)23(20(3,4)5)21(6,7)8/h9,11-12,22H,10,13-14H2,1-8H3. The Hall–Kier alpha value is -0.810. The van der Waals surface area contributed by atoms with Gasteiger partial charge in [-0.2, -0.15) is 0 Å². The number of aryl methyl sites for hydroxylation is 2. The molecule has 128 valence electrons. The Bertz CT molecular complexity index is 565. The van der Waals surface area contributed by atoms with Crippen LogP contribution in [0.1, 0.15) is 71.9 Å². The van der Waals surface area contributed by atoms with Crippen LogP contribution < -0.4 is 5.32 Å². The normalized spacial score (nSPS) is 16.4. The van der Waals surface area contributed by atoms with Gasteiger partial charge in [-0.3, -0.25) is 0 Å². The highest BCUT2D eigenvalue weighted by atomic mass is 31.1. The zero-order valence-electron chi connectivity index (χ0n) is 16.3. The minimum Gasteiger partial charge on any atom is -0.358 e. The van der Waals surface area contributed by atoms with Crippen molar-refractivity contribution in [2.75, 3.05) is 5.32 Å². The van der Waals surface area contributed by atoms with E-state index in [2.05, 4.69) is 78.9 Å². The number of rotatable bonds is 3. The molecule has 1 aliphatic carbocycles. The van der Waals surface area contributed by atoms with Crippen molar-refractivity contribution in [3.63, 3.8) is 0 Å². The fraction of sp³-hybridized carbons (Fsp3) is 0.619. The topological polar surface area (TPSA) is 12.0 Å². The number of hydrogen-bond acceptors (Lipinski definition) is 1. The van der Waals surface area contributed by atoms with Crippen molar-refractivity contribution in [1.29, 1.82) is 0 Å². The van der Waals surface area contributed by atoms with Gasteiger partial charge in [0.1, 0.15) is 0 Å². The SMILES string of the molecule is Cc1cccc(C)c1NC1=C(P(C(C)(C)C)C(C)(C)C)CCC1. The second-order valence-corrected chi connectivity index (χ2v) is 12.7. The maximum atomic E-state index is 3.85. The van der Waals surface area contributed by atoms with Crippen LogP contribution in [0, 0.1) is 13.8 Å². The van der Waals surface area contributed by atoms with Crippen LogP contribution in [0.25, 0.3) is 0 Å². The minimum atomic E-state index is -0.182. The Morgan fingerprint density at radius 1 is 0.870 bits per heavy atom. The summed E-state index contributed by atoms with van der Waals surface area (Å²) in [6.45, 7) is 19.0. The van der Waals surface area contributed by atoms with Crippen LogP contribution >= 0.6 is 7.92 Å². The average molecular weight is 331 g/mol. The molecule has 2 heteroatoms. The Morgan fingerprint density at radius 3 is 1.87 bits per heavy atom. The third-order valence-corrected chi connectivity index (χ3v) is 8.27. The van der Waals surface area contributed by atoms with Gasteiger partial charge in [-0.05, 0) is 59.9 Å². The van der Waals surface area contributed by atoms with Crippen molar-refractivity contribution in [1.82, 2.24) is 0 Å². The zero-order chi connectivity index (χ0) is 17.4. The maximum Gasteiger partial charge on any atom is 0.0441 e. The van der Waals surface area contributed by atoms with Gasteiger partial charge in [0, 0.05) is 11.4 Å². The van der Waals surface area contributed by atoms with E-state index in [4.69, 9.17) is 0 Å². The predicted octanol–water partition coefficient (Wildman–Crippen LogP) is 7.19. The molecule has 1 aliphatic rings. The summed E-state index contributed by atoms with van der Waals surface area (Å²) in [5.41, 5.74) is 5.53. The molecule has 0 amide bonds. The van der Waals surface area contributed by atoms with E-state index in [-0.39, 0.29) is 7.92 Å². The third-order valence-electron chi connectivity index (χ3n) is 4.56. The predicted molar refractivity (Wildman–Crippen MR) is 107 cm³/mol. The maximum absolute atomic E-state index is 3.85. The molecular weight excluding hydrogens is 297 g/mol. The van der Waals surface area contributed by atoms with E-state index in [1.807, 2.05) is 0 Å². The van der Waals surface area contributed by atoms with Crippen LogP contribution in [0.4, 0.5) is 5.69 Å². The quantitative estimate of drug-likeness (QED) is 0.578. The van der Waals surface area contributed by atoms with Gasteiger partial charge in [0.15, 0.2) is 0 Å². The lowest BCUT2D eigenvalue weighted by Crippen LogP contribution is -2.26. The summed E-state index contributed by atoms with van der Waals surface area (Å²) in [7, 11) is -0.182. The monoisotopic (exact) mass is 331 g/mol. The summed E-state index contributed by atoms with van der Waals surface area (Å²) in [5, 5.41) is 6.27. The van der Waals surface area contributed by atoms with Crippen LogP contribution in [0.3, 0.4) is 0 Å². The molecule has 0 saturated heterocycles. The molecule has 1 aromatic carbocycles. The van der Waals surface area contributed by atoms with Crippen LogP contribution in [0.5, 0.6) is 0 Å². The Kier molecular flexibility index (Phi) is 5.31. The van der Waals surface area contributed by atoms with Gasteiger partial charge in [0.25, 0.3) is 0 Å². The summed E-state index contributed by atoms with van der Waals surface area (Å²) >= 11 is 0. The molecule has 1 nitrogen and oxygen atoms in total. The van der Waals surface area contributed by atoms with Gasteiger partial charge in [-0.25, -0.2) is 0 Å². The van der Waals surface area contributed by atoms with Gasteiger partial charge >= 0.3 is 0 Å². The van der Waals surface area contributed by atoms with Crippen molar-refractivity contribution < 1.29 is 0 Å². The molecule has 23 heavy (non-hydrogen) atoms. The molecule has 0 spiro atoms. The van der Waals surface area contributed by atoms with Gasteiger partial charge in [-0.15, -0.1) is 0 Å². The lowest BCUT2D eigenvalue weighted by Gasteiger charge is -2.43. The van der Waals surface area contributed by atoms with E-state index in [1.165, 1.54) is 41.8 Å². The van der Waals surface area contributed by atoms with E-state index < -0.39 is 0 Å². The van der Waals surface area contributed by atoms with Crippen LogP contribution in [-0.2, 0) is 0 Å². The summed E-state index contributed by atoms with van der Waals surface area (Å²) in [6.07, 6.45) is 3.77. The Balaban J connectivity index is 2.45. The summed E-state index contributed by atoms with van der Waals surface area (Å²) < 4.78 is 0. The molecule has 0 unspecified atom stereocenters. The summed E-state index contributed by atoms with van der Waals surface area (Å²) in [4.78, 5) is 0. The molecule has 0 fully saturated rings. The molecular formula is C21H34NP. The highest BCUT2D eigenvalue weighted by Gasteiger charge is 2.39. The molecule has 0 radical (unpaired) electrons. The van der Waals surface area contributed by atoms with Crippen molar-refractivity contribution in [3.8, 4) is 0 Å². The molecule has 1 aromatic rings. The molecule has 0 atom stereocenters. The van der Waals surface area contributed by atoms with E-state index in [0.717, 1.165) is 0 Å². The van der Waals surface area contributed by atoms with Crippen molar-refractivity contribution in [3.05, 3.63) is 40.3 Å². The zero-order valence-corrected chi connectivity index (χ0v) is 17.2. The largest absolute Gasteiger partial charge is 0.358 e. The van der Waals surface area contributed by atoms with Crippen LogP contribution in [-0.4, -0.2) is 10.3 Å². The van der Waals surface area contributed by atoms with Gasteiger partial charge in [-0.1, -0.05) is 67.7 Å². The first-order chi connectivity index (χ1) is 10.5. The molecule has 0 bridgehead atoms. The lowest BCUT2D eigenvalue weighted by atomic mass is 10.1. The molecule has 2 rings (SSSR count). The highest BCUT2D eigenvalue weighted by Crippen LogP contribution is 2.67. The Morgan fingerprint density at radius 2 is 1.39 bits per heavy atom. The number of benzene rings is 1. The van der Waals surface area contributed by atoms with E-state index in [1.54, 1.807) is 5.31 Å². The summed E-state index contributed by atoms with van der Waals surface area (Å²) in [6, 6.07) is 6.57. The first-order valence-corrected chi connectivity index (χ1v) is 10.2. The average Bonchev–Trinajstić information content (AvgIpc) is 2.78. The second kappa shape index (κ2) is 6.60. The van der Waals surface area contributed by atoms with Crippen molar-refractivity contribution >= 4 is 13.6 Å². The van der Waals surface area contributed by atoms with Crippen molar-refractivity contribution in [2.24, 2.45) is 0 Å². The summed E-state index contributed by atoms with van der Waals surface area (Å²) in [5.74, 6) is 0. The van der Waals surface area contributed by atoms with Gasteiger partial charge in [0.2, 0.25) is 0 Å².